The van der Waals surface area contributed by atoms with Gasteiger partial charge in [0.05, 0.1) is 12.7 Å². The zero-order chi connectivity index (χ0) is 12.8. The van der Waals surface area contributed by atoms with E-state index in [2.05, 4.69) is 25.2 Å². The third kappa shape index (κ3) is 1.73. The Morgan fingerprint density at radius 2 is 2.28 bits per heavy atom. The van der Waals surface area contributed by atoms with Crippen molar-refractivity contribution in [1.29, 1.82) is 0 Å². The van der Waals surface area contributed by atoms with Gasteiger partial charge >= 0.3 is 0 Å². The van der Waals surface area contributed by atoms with Crippen molar-refractivity contribution < 1.29 is 9.84 Å². The Balaban J connectivity index is 1.76. The Morgan fingerprint density at radius 3 is 3.06 bits per heavy atom. The lowest BCUT2D eigenvalue weighted by Gasteiger charge is -2.55. The minimum Gasteiger partial charge on any atom is -0.392 e. The van der Waals surface area contributed by atoms with Crippen LogP contribution in [0.15, 0.2) is 24.3 Å². The lowest BCUT2D eigenvalue weighted by atomic mass is 9.57. The Hall–Kier alpha value is -1.06. The summed E-state index contributed by atoms with van der Waals surface area (Å²) in [4.78, 5) is 0. The molecule has 3 atom stereocenters. The predicted octanol–water partition coefficient (Wildman–Crippen LogP) is 2.40. The van der Waals surface area contributed by atoms with E-state index in [9.17, 15) is 5.11 Å². The van der Waals surface area contributed by atoms with Crippen LogP contribution in [-0.2, 0) is 11.3 Å². The molecular weight excluding hydrogens is 226 g/mol. The molecular formula is C15H21NO2. The van der Waals surface area contributed by atoms with Crippen LogP contribution in [0.25, 0.3) is 0 Å². The van der Waals surface area contributed by atoms with Crippen LogP contribution >= 0.6 is 0 Å². The number of aliphatic hydroxyl groups excluding tert-OH is 1. The summed E-state index contributed by atoms with van der Waals surface area (Å²) in [5, 5.41) is 12.8. The Morgan fingerprint density at radius 1 is 1.44 bits per heavy atom. The van der Waals surface area contributed by atoms with Crippen LogP contribution in [0.5, 0.6) is 0 Å². The molecule has 0 spiro atoms. The molecule has 2 fully saturated rings. The molecule has 0 bridgehead atoms. The third-order valence-corrected chi connectivity index (χ3v) is 4.53. The van der Waals surface area contributed by atoms with Crippen molar-refractivity contribution in [3.05, 3.63) is 29.8 Å². The standard InChI is InChI=1S/C15H21NO2/c1-15(2)13(12-6-7-18-14(12)15)16-11-5-3-4-10(8-11)9-17/h3-5,8,12-14,16-17H,6-7,9H2,1-2H3. The highest BCUT2D eigenvalue weighted by Gasteiger charge is 2.59. The highest BCUT2D eigenvalue weighted by molar-refractivity contribution is 5.48. The van der Waals surface area contributed by atoms with E-state index < -0.39 is 0 Å². The Kier molecular flexibility index (Phi) is 2.83. The largest absolute Gasteiger partial charge is 0.392 e. The van der Waals surface area contributed by atoms with Crippen LogP contribution in [0.1, 0.15) is 25.8 Å². The summed E-state index contributed by atoms with van der Waals surface area (Å²) < 4.78 is 5.80. The molecule has 1 heterocycles. The second-order valence-electron chi connectivity index (χ2n) is 6.05. The second-order valence-corrected chi connectivity index (χ2v) is 6.05. The van der Waals surface area contributed by atoms with Gasteiger partial charge in [-0.2, -0.15) is 0 Å². The van der Waals surface area contributed by atoms with Crippen LogP contribution in [0.3, 0.4) is 0 Å². The first-order valence-electron chi connectivity index (χ1n) is 6.71. The fourth-order valence-corrected chi connectivity index (χ4v) is 3.56. The molecule has 1 aliphatic carbocycles. The highest BCUT2D eigenvalue weighted by Crippen LogP contribution is 2.53. The number of rotatable bonds is 3. The molecule has 0 amide bonds. The van der Waals surface area contributed by atoms with Crippen LogP contribution in [0.2, 0.25) is 0 Å². The molecule has 1 saturated heterocycles. The van der Waals surface area contributed by atoms with Gasteiger partial charge < -0.3 is 15.2 Å². The fourth-order valence-electron chi connectivity index (χ4n) is 3.56. The molecule has 3 rings (SSSR count). The fraction of sp³-hybridized carbons (Fsp3) is 0.600. The van der Waals surface area contributed by atoms with Crippen molar-refractivity contribution >= 4 is 5.69 Å². The van der Waals surface area contributed by atoms with Gasteiger partial charge in [-0.1, -0.05) is 26.0 Å². The summed E-state index contributed by atoms with van der Waals surface area (Å²) >= 11 is 0. The van der Waals surface area contributed by atoms with Gasteiger partial charge in [0, 0.05) is 29.7 Å². The van der Waals surface area contributed by atoms with Gasteiger partial charge in [0.2, 0.25) is 0 Å². The molecule has 3 unspecified atom stereocenters. The van der Waals surface area contributed by atoms with E-state index in [4.69, 9.17) is 4.74 Å². The van der Waals surface area contributed by atoms with Crippen LogP contribution < -0.4 is 5.32 Å². The molecule has 1 aliphatic heterocycles. The minimum atomic E-state index is 0.0960. The normalized spacial score (nSPS) is 32.7. The van der Waals surface area contributed by atoms with Crippen molar-refractivity contribution in [3.8, 4) is 0 Å². The SMILES string of the molecule is CC1(C)C(Nc2cccc(CO)c2)C2CCOC21. The number of benzene rings is 1. The average Bonchev–Trinajstić information content (AvgIpc) is 2.83. The van der Waals surface area contributed by atoms with Crippen LogP contribution in [0.4, 0.5) is 5.69 Å². The minimum absolute atomic E-state index is 0.0960. The molecule has 3 heteroatoms. The summed E-state index contributed by atoms with van der Waals surface area (Å²) in [6.45, 7) is 5.53. The van der Waals surface area contributed by atoms with Gasteiger partial charge in [-0.3, -0.25) is 0 Å². The van der Waals surface area contributed by atoms with E-state index in [-0.39, 0.29) is 12.0 Å². The smallest absolute Gasteiger partial charge is 0.0694 e. The van der Waals surface area contributed by atoms with E-state index in [0.717, 1.165) is 24.3 Å². The Bertz CT molecular complexity index is 444. The summed E-state index contributed by atoms with van der Waals surface area (Å²) in [7, 11) is 0. The Labute approximate surface area is 108 Å². The molecule has 18 heavy (non-hydrogen) atoms. The predicted molar refractivity (Wildman–Crippen MR) is 71.4 cm³/mol. The summed E-state index contributed by atoms with van der Waals surface area (Å²) in [5.74, 6) is 0.637. The first-order valence-corrected chi connectivity index (χ1v) is 6.71. The molecule has 98 valence electrons. The van der Waals surface area contributed by atoms with E-state index in [0.29, 0.717) is 18.1 Å². The second kappa shape index (κ2) is 4.25. The number of anilines is 1. The number of ether oxygens (including phenoxy) is 1. The van der Waals surface area contributed by atoms with E-state index in [1.807, 2.05) is 18.2 Å². The zero-order valence-electron chi connectivity index (χ0n) is 11.0. The lowest BCUT2D eigenvalue weighted by Crippen LogP contribution is -2.63. The van der Waals surface area contributed by atoms with Crippen molar-refractivity contribution in [1.82, 2.24) is 0 Å². The molecule has 1 aromatic carbocycles. The average molecular weight is 247 g/mol. The summed E-state index contributed by atoms with van der Waals surface area (Å²) in [6, 6.07) is 8.50. The van der Waals surface area contributed by atoms with Gasteiger partial charge in [0.15, 0.2) is 0 Å². The van der Waals surface area contributed by atoms with Crippen molar-refractivity contribution in [3.63, 3.8) is 0 Å². The maximum atomic E-state index is 9.17. The molecule has 3 nitrogen and oxygen atoms in total. The molecule has 0 aromatic heterocycles. The quantitative estimate of drug-likeness (QED) is 0.862. The lowest BCUT2D eigenvalue weighted by molar-refractivity contribution is -0.0923. The number of aliphatic hydroxyl groups is 1. The highest BCUT2D eigenvalue weighted by atomic mass is 16.5. The van der Waals surface area contributed by atoms with Gasteiger partial charge in [0.25, 0.3) is 0 Å². The molecule has 2 N–H and O–H groups in total. The monoisotopic (exact) mass is 247 g/mol. The van der Waals surface area contributed by atoms with Crippen molar-refractivity contribution in [2.75, 3.05) is 11.9 Å². The van der Waals surface area contributed by atoms with E-state index >= 15 is 0 Å². The maximum Gasteiger partial charge on any atom is 0.0694 e. The molecule has 1 saturated carbocycles. The molecule has 1 aromatic rings. The number of nitrogens with one attached hydrogen (secondary N) is 1. The first kappa shape index (κ1) is 12.0. The number of fused-ring (bicyclic) bond motifs is 1. The van der Waals surface area contributed by atoms with Crippen LogP contribution in [0, 0.1) is 11.3 Å². The van der Waals surface area contributed by atoms with Gasteiger partial charge in [0.1, 0.15) is 0 Å². The van der Waals surface area contributed by atoms with Crippen molar-refractivity contribution in [2.45, 2.75) is 39.0 Å². The number of hydrogen-bond donors (Lipinski definition) is 2. The van der Waals surface area contributed by atoms with Gasteiger partial charge in [-0.25, -0.2) is 0 Å². The molecule has 2 aliphatic rings. The van der Waals surface area contributed by atoms with Crippen LogP contribution in [-0.4, -0.2) is 23.9 Å². The molecule has 0 radical (unpaired) electrons. The maximum absolute atomic E-state index is 9.17. The first-order chi connectivity index (χ1) is 8.63. The topological polar surface area (TPSA) is 41.5 Å². The van der Waals surface area contributed by atoms with Gasteiger partial charge in [-0.05, 0) is 24.1 Å². The zero-order valence-corrected chi connectivity index (χ0v) is 11.0. The van der Waals surface area contributed by atoms with E-state index in [1.165, 1.54) is 0 Å². The third-order valence-electron chi connectivity index (χ3n) is 4.53. The summed E-state index contributed by atoms with van der Waals surface area (Å²) in [5.41, 5.74) is 2.25. The summed E-state index contributed by atoms with van der Waals surface area (Å²) in [6.07, 6.45) is 1.57. The van der Waals surface area contributed by atoms with E-state index in [1.54, 1.807) is 0 Å². The van der Waals surface area contributed by atoms with Crippen molar-refractivity contribution in [2.24, 2.45) is 11.3 Å². The number of hydrogen-bond acceptors (Lipinski definition) is 3. The van der Waals surface area contributed by atoms with Gasteiger partial charge in [-0.15, -0.1) is 0 Å².